The molecule has 90 valence electrons. The highest BCUT2D eigenvalue weighted by Gasteiger charge is 2.24. The SMILES string of the molecule is CC1C(=O)NCCN1CCOCCN.Cl. The van der Waals surface area contributed by atoms with E-state index in [4.69, 9.17) is 10.5 Å². The fourth-order valence-electron chi connectivity index (χ4n) is 1.50. The Morgan fingerprint density at radius 1 is 1.60 bits per heavy atom. The molecule has 0 saturated carbocycles. The third kappa shape index (κ3) is 4.79. The summed E-state index contributed by atoms with van der Waals surface area (Å²) in [6, 6.07) is -0.0368. The number of hydrogen-bond donors (Lipinski definition) is 2. The van der Waals surface area contributed by atoms with Gasteiger partial charge in [-0.3, -0.25) is 9.69 Å². The second kappa shape index (κ2) is 7.87. The lowest BCUT2D eigenvalue weighted by molar-refractivity contribution is -0.128. The third-order valence-electron chi connectivity index (χ3n) is 2.41. The molecule has 3 N–H and O–H groups in total. The predicted molar refractivity (Wildman–Crippen MR) is 61.2 cm³/mol. The van der Waals surface area contributed by atoms with Gasteiger partial charge in [0.25, 0.3) is 0 Å². The zero-order chi connectivity index (χ0) is 10.4. The summed E-state index contributed by atoms with van der Waals surface area (Å²) in [5, 5.41) is 2.82. The standard InChI is InChI=1S/C9H19N3O2.ClH/c1-8-9(13)11-3-4-12(8)5-7-14-6-2-10;/h8H,2-7,10H2,1H3,(H,11,13);1H. The minimum Gasteiger partial charge on any atom is -0.379 e. The number of carbonyl (C=O) groups excluding carboxylic acids is 1. The number of nitrogens with one attached hydrogen (secondary N) is 1. The molecule has 1 amide bonds. The lowest BCUT2D eigenvalue weighted by Crippen LogP contribution is -2.54. The normalized spacial score (nSPS) is 22.0. The van der Waals surface area contributed by atoms with Crippen LogP contribution >= 0.6 is 12.4 Å². The number of hydrogen-bond acceptors (Lipinski definition) is 4. The van der Waals surface area contributed by atoms with Crippen LogP contribution in [0, 0.1) is 0 Å². The third-order valence-corrected chi connectivity index (χ3v) is 2.41. The number of halogens is 1. The van der Waals surface area contributed by atoms with Crippen molar-refractivity contribution in [3.63, 3.8) is 0 Å². The fourth-order valence-corrected chi connectivity index (χ4v) is 1.50. The number of amides is 1. The molecular weight excluding hydrogens is 218 g/mol. The smallest absolute Gasteiger partial charge is 0.237 e. The summed E-state index contributed by atoms with van der Waals surface area (Å²) in [7, 11) is 0. The molecule has 1 aliphatic rings. The monoisotopic (exact) mass is 237 g/mol. The molecule has 1 unspecified atom stereocenters. The first-order valence-corrected chi connectivity index (χ1v) is 5.05. The van der Waals surface area contributed by atoms with E-state index >= 15 is 0 Å². The van der Waals surface area contributed by atoms with Crippen LogP contribution in [0.25, 0.3) is 0 Å². The van der Waals surface area contributed by atoms with Gasteiger partial charge in [0.2, 0.25) is 5.91 Å². The van der Waals surface area contributed by atoms with Gasteiger partial charge in [-0.05, 0) is 6.92 Å². The quantitative estimate of drug-likeness (QED) is 0.615. The van der Waals surface area contributed by atoms with Crippen LogP contribution in [0.3, 0.4) is 0 Å². The number of rotatable bonds is 5. The lowest BCUT2D eigenvalue weighted by atomic mass is 10.2. The minimum atomic E-state index is -0.0368. The van der Waals surface area contributed by atoms with Gasteiger partial charge in [0, 0.05) is 26.2 Å². The molecule has 1 heterocycles. The highest BCUT2D eigenvalue weighted by Crippen LogP contribution is 2.02. The highest BCUT2D eigenvalue weighted by atomic mass is 35.5. The summed E-state index contributed by atoms with van der Waals surface area (Å²) in [5.74, 6) is 0.107. The molecule has 0 aromatic carbocycles. The van der Waals surface area contributed by atoms with Crippen molar-refractivity contribution in [2.75, 3.05) is 39.4 Å². The Labute approximate surface area is 96.7 Å². The van der Waals surface area contributed by atoms with Gasteiger partial charge in [0.1, 0.15) is 0 Å². The zero-order valence-electron chi connectivity index (χ0n) is 9.07. The molecule has 1 fully saturated rings. The van der Waals surface area contributed by atoms with E-state index in [9.17, 15) is 4.79 Å². The number of nitrogens with zero attached hydrogens (tertiary/aromatic N) is 1. The highest BCUT2D eigenvalue weighted by molar-refractivity contribution is 5.85. The summed E-state index contributed by atoms with van der Waals surface area (Å²) < 4.78 is 5.27. The van der Waals surface area contributed by atoms with E-state index in [1.54, 1.807) is 0 Å². The lowest BCUT2D eigenvalue weighted by Gasteiger charge is -2.32. The van der Waals surface area contributed by atoms with Gasteiger partial charge in [0.15, 0.2) is 0 Å². The van der Waals surface area contributed by atoms with Crippen molar-refractivity contribution >= 4 is 18.3 Å². The Kier molecular flexibility index (Phi) is 7.68. The Morgan fingerprint density at radius 3 is 3.00 bits per heavy atom. The Balaban J connectivity index is 0.00000196. The van der Waals surface area contributed by atoms with Crippen LogP contribution < -0.4 is 11.1 Å². The van der Waals surface area contributed by atoms with E-state index in [1.165, 1.54) is 0 Å². The molecular formula is C9H20ClN3O2. The molecule has 0 bridgehead atoms. The van der Waals surface area contributed by atoms with Gasteiger partial charge < -0.3 is 15.8 Å². The van der Waals surface area contributed by atoms with Gasteiger partial charge in [-0.15, -0.1) is 12.4 Å². The van der Waals surface area contributed by atoms with Crippen LogP contribution in [0.4, 0.5) is 0 Å². The van der Waals surface area contributed by atoms with Crippen LogP contribution in [0.2, 0.25) is 0 Å². The molecule has 0 aromatic rings. The Morgan fingerprint density at radius 2 is 2.33 bits per heavy atom. The van der Waals surface area contributed by atoms with Crippen molar-refractivity contribution in [1.29, 1.82) is 0 Å². The number of carbonyl (C=O) groups is 1. The maximum atomic E-state index is 11.3. The second-order valence-electron chi connectivity index (χ2n) is 3.40. The van der Waals surface area contributed by atoms with Gasteiger partial charge in [0.05, 0.1) is 19.3 Å². The summed E-state index contributed by atoms with van der Waals surface area (Å²) in [6.07, 6.45) is 0. The first-order valence-electron chi connectivity index (χ1n) is 5.05. The fraction of sp³-hybridized carbons (Fsp3) is 0.889. The largest absolute Gasteiger partial charge is 0.379 e. The maximum Gasteiger partial charge on any atom is 0.237 e. The molecule has 1 atom stereocenters. The predicted octanol–water partition coefficient (Wildman–Crippen LogP) is -0.796. The van der Waals surface area contributed by atoms with Gasteiger partial charge >= 0.3 is 0 Å². The molecule has 15 heavy (non-hydrogen) atoms. The number of piperazine rings is 1. The first-order chi connectivity index (χ1) is 6.75. The minimum absolute atomic E-state index is 0. The molecule has 0 radical (unpaired) electrons. The van der Waals surface area contributed by atoms with Crippen molar-refractivity contribution in [2.24, 2.45) is 5.73 Å². The van der Waals surface area contributed by atoms with E-state index in [2.05, 4.69) is 10.2 Å². The van der Waals surface area contributed by atoms with Crippen molar-refractivity contribution in [2.45, 2.75) is 13.0 Å². The molecule has 1 aliphatic heterocycles. The molecule has 5 nitrogen and oxygen atoms in total. The average molecular weight is 238 g/mol. The van der Waals surface area contributed by atoms with Crippen molar-refractivity contribution in [3.8, 4) is 0 Å². The van der Waals surface area contributed by atoms with E-state index in [-0.39, 0.29) is 24.4 Å². The molecule has 0 aromatic heterocycles. The van der Waals surface area contributed by atoms with Crippen LogP contribution in [0.5, 0.6) is 0 Å². The van der Waals surface area contributed by atoms with Crippen molar-refractivity contribution in [1.82, 2.24) is 10.2 Å². The first kappa shape index (κ1) is 14.6. The molecule has 0 aliphatic carbocycles. The molecule has 0 spiro atoms. The van der Waals surface area contributed by atoms with Gasteiger partial charge in [-0.25, -0.2) is 0 Å². The number of nitrogens with two attached hydrogens (primary N) is 1. The maximum absolute atomic E-state index is 11.3. The topological polar surface area (TPSA) is 67.6 Å². The van der Waals surface area contributed by atoms with Crippen LogP contribution in [0.1, 0.15) is 6.92 Å². The molecule has 6 heteroatoms. The molecule has 1 rings (SSSR count). The van der Waals surface area contributed by atoms with Crippen molar-refractivity contribution in [3.05, 3.63) is 0 Å². The zero-order valence-corrected chi connectivity index (χ0v) is 9.89. The summed E-state index contributed by atoms with van der Waals surface area (Å²) in [5.41, 5.74) is 5.29. The van der Waals surface area contributed by atoms with Crippen LogP contribution in [-0.2, 0) is 9.53 Å². The number of ether oxygens (including phenoxy) is 1. The van der Waals surface area contributed by atoms with Crippen LogP contribution in [0.15, 0.2) is 0 Å². The van der Waals surface area contributed by atoms with Gasteiger partial charge in [-0.2, -0.15) is 0 Å². The van der Waals surface area contributed by atoms with Gasteiger partial charge in [-0.1, -0.05) is 0 Å². The van der Waals surface area contributed by atoms with E-state index in [1.807, 2.05) is 6.92 Å². The summed E-state index contributed by atoms with van der Waals surface area (Å²) >= 11 is 0. The summed E-state index contributed by atoms with van der Waals surface area (Å²) in [6.45, 7) is 6.14. The van der Waals surface area contributed by atoms with Crippen LogP contribution in [-0.4, -0.2) is 56.2 Å². The van der Waals surface area contributed by atoms with Crippen molar-refractivity contribution < 1.29 is 9.53 Å². The Hall–Kier alpha value is -0.360. The molecule has 1 saturated heterocycles. The Bertz CT molecular complexity index is 192. The van der Waals surface area contributed by atoms with E-state index in [0.717, 1.165) is 19.6 Å². The summed E-state index contributed by atoms with van der Waals surface area (Å²) in [4.78, 5) is 13.4. The average Bonchev–Trinajstić information content (AvgIpc) is 2.19. The van der Waals surface area contributed by atoms with E-state index < -0.39 is 0 Å². The second-order valence-corrected chi connectivity index (χ2v) is 3.40. The van der Waals surface area contributed by atoms with E-state index in [0.29, 0.717) is 19.8 Å².